The number of nitrogens with one attached hydrogen (secondary N) is 1. The first-order valence-electron chi connectivity index (χ1n) is 4.72. The fraction of sp³-hybridized carbons (Fsp3) is 0.400. The van der Waals surface area contributed by atoms with Crippen LogP contribution in [0.1, 0.15) is 25.0 Å². The summed E-state index contributed by atoms with van der Waals surface area (Å²) in [5.74, 6) is 4.85. The summed E-state index contributed by atoms with van der Waals surface area (Å²) >= 11 is 0. The molecule has 4 nitrogen and oxygen atoms in total. The number of amides is 1. The number of nitrogens with zero attached hydrogens (tertiary/aromatic N) is 1. The van der Waals surface area contributed by atoms with Crippen molar-refractivity contribution in [3.63, 3.8) is 0 Å². The van der Waals surface area contributed by atoms with Gasteiger partial charge in [-0.05, 0) is 31.4 Å². The second-order valence-electron chi connectivity index (χ2n) is 3.10. The molecule has 0 saturated carbocycles. The molecule has 1 amide bonds. The molecule has 76 valence electrons. The molecule has 1 aromatic heterocycles. The molecule has 1 rings (SSSR count). The number of carbonyl (C=O) groups is 1. The zero-order valence-corrected chi connectivity index (χ0v) is 8.07. The maximum absolute atomic E-state index is 10.8. The lowest BCUT2D eigenvalue weighted by Gasteiger charge is -2.00. The first-order valence-corrected chi connectivity index (χ1v) is 4.72. The molecule has 0 saturated heterocycles. The van der Waals surface area contributed by atoms with Crippen molar-refractivity contribution in [1.29, 1.82) is 0 Å². The van der Waals surface area contributed by atoms with E-state index in [-0.39, 0.29) is 5.91 Å². The average molecular weight is 193 g/mol. The van der Waals surface area contributed by atoms with Crippen LogP contribution in [0.3, 0.4) is 0 Å². The Kier molecular flexibility index (Phi) is 4.64. The van der Waals surface area contributed by atoms with Crippen LogP contribution in [0.4, 0.5) is 0 Å². The van der Waals surface area contributed by atoms with E-state index in [9.17, 15) is 4.79 Å². The van der Waals surface area contributed by atoms with Gasteiger partial charge in [0.25, 0.3) is 0 Å². The molecule has 1 aromatic rings. The molecule has 0 spiro atoms. The highest BCUT2D eigenvalue weighted by Crippen LogP contribution is 2.02. The Morgan fingerprint density at radius 3 is 2.93 bits per heavy atom. The zero-order chi connectivity index (χ0) is 10.2. The van der Waals surface area contributed by atoms with E-state index in [1.54, 1.807) is 6.20 Å². The van der Waals surface area contributed by atoms with Gasteiger partial charge in [0.2, 0.25) is 5.91 Å². The van der Waals surface area contributed by atoms with Crippen molar-refractivity contribution in [3.8, 4) is 0 Å². The number of rotatable bonds is 5. The number of pyridine rings is 1. The third-order valence-electron chi connectivity index (χ3n) is 1.97. The molecule has 1 heterocycles. The van der Waals surface area contributed by atoms with Gasteiger partial charge < -0.3 is 0 Å². The summed E-state index contributed by atoms with van der Waals surface area (Å²) in [5.41, 5.74) is 3.18. The van der Waals surface area contributed by atoms with Crippen LogP contribution in [0.5, 0.6) is 0 Å². The van der Waals surface area contributed by atoms with E-state index < -0.39 is 0 Å². The summed E-state index contributed by atoms with van der Waals surface area (Å²) in [7, 11) is 0. The smallest absolute Gasteiger partial charge is 0.233 e. The Labute approximate surface area is 83.5 Å². The van der Waals surface area contributed by atoms with Gasteiger partial charge in [-0.3, -0.25) is 15.2 Å². The van der Waals surface area contributed by atoms with Crippen LogP contribution in [-0.4, -0.2) is 10.9 Å². The van der Waals surface area contributed by atoms with E-state index in [1.807, 2.05) is 18.2 Å². The Morgan fingerprint density at radius 2 is 2.29 bits per heavy atom. The van der Waals surface area contributed by atoms with Crippen molar-refractivity contribution in [2.75, 3.05) is 0 Å². The minimum absolute atomic E-state index is 0.106. The van der Waals surface area contributed by atoms with Crippen LogP contribution in [0.25, 0.3) is 0 Å². The number of hydrogen-bond donors (Lipinski definition) is 2. The highest BCUT2D eigenvalue weighted by Gasteiger charge is 1.98. The Balaban J connectivity index is 2.13. The van der Waals surface area contributed by atoms with Crippen LogP contribution >= 0.6 is 0 Å². The summed E-state index contributed by atoms with van der Waals surface area (Å²) < 4.78 is 0. The van der Waals surface area contributed by atoms with Gasteiger partial charge in [-0.25, -0.2) is 5.84 Å². The van der Waals surface area contributed by atoms with Crippen molar-refractivity contribution in [3.05, 3.63) is 30.1 Å². The summed E-state index contributed by atoms with van der Waals surface area (Å²) in [6, 6.07) is 5.85. The Hall–Kier alpha value is -1.42. The van der Waals surface area contributed by atoms with Gasteiger partial charge in [-0.15, -0.1) is 0 Å². The molecule has 14 heavy (non-hydrogen) atoms. The monoisotopic (exact) mass is 193 g/mol. The van der Waals surface area contributed by atoms with Gasteiger partial charge in [0, 0.05) is 18.3 Å². The minimum Gasteiger partial charge on any atom is -0.294 e. The Morgan fingerprint density at radius 1 is 1.43 bits per heavy atom. The SMILES string of the molecule is NNC(=O)CCCCc1ccccn1. The summed E-state index contributed by atoms with van der Waals surface area (Å²) in [6.45, 7) is 0. The van der Waals surface area contributed by atoms with Crippen LogP contribution < -0.4 is 11.3 Å². The number of aromatic nitrogens is 1. The van der Waals surface area contributed by atoms with Crippen molar-refractivity contribution < 1.29 is 4.79 Å². The number of hydrazine groups is 1. The molecule has 0 radical (unpaired) electrons. The van der Waals surface area contributed by atoms with E-state index in [0.29, 0.717) is 6.42 Å². The van der Waals surface area contributed by atoms with Crippen molar-refractivity contribution in [2.24, 2.45) is 5.84 Å². The fourth-order valence-electron chi connectivity index (χ4n) is 1.21. The van der Waals surface area contributed by atoms with E-state index in [1.165, 1.54) is 0 Å². The van der Waals surface area contributed by atoms with Crippen molar-refractivity contribution >= 4 is 5.91 Å². The standard InChI is InChI=1S/C10H15N3O/c11-13-10(14)7-2-1-5-9-6-3-4-8-12-9/h3-4,6,8H,1-2,5,7,11H2,(H,13,14). The topological polar surface area (TPSA) is 68.0 Å². The first-order chi connectivity index (χ1) is 6.83. The lowest BCUT2D eigenvalue weighted by Crippen LogP contribution is -2.29. The second-order valence-corrected chi connectivity index (χ2v) is 3.10. The predicted molar refractivity (Wildman–Crippen MR) is 54.1 cm³/mol. The van der Waals surface area contributed by atoms with E-state index in [0.717, 1.165) is 25.0 Å². The van der Waals surface area contributed by atoms with E-state index in [4.69, 9.17) is 5.84 Å². The van der Waals surface area contributed by atoms with Gasteiger partial charge in [0.1, 0.15) is 0 Å². The second kappa shape index (κ2) is 6.10. The lowest BCUT2D eigenvalue weighted by molar-refractivity contribution is -0.121. The first kappa shape index (κ1) is 10.7. The molecule has 4 heteroatoms. The molecule has 0 bridgehead atoms. The van der Waals surface area contributed by atoms with Gasteiger partial charge in [-0.2, -0.15) is 0 Å². The lowest BCUT2D eigenvalue weighted by atomic mass is 10.1. The summed E-state index contributed by atoms with van der Waals surface area (Å²) in [5, 5.41) is 0. The number of unbranched alkanes of at least 4 members (excludes halogenated alkanes) is 1. The Bertz CT molecular complexity index is 274. The highest BCUT2D eigenvalue weighted by molar-refractivity contribution is 5.75. The minimum atomic E-state index is -0.106. The molecular formula is C10H15N3O. The number of carbonyl (C=O) groups excluding carboxylic acids is 1. The van der Waals surface area contributed by atoms with Crippen LogP contribution in [0, 0.1) is 0 Å². The van der Waals surface area contributed by atoms with Crippen LogP contribution in [-0.2, 0) is 11.2 Å². The molecule has 0 aliphatic heterocycles. The number of hydrogen-bond acceptors (Lipinski definition) is 3. The summed E-state index contributed by atoms with van der Waals surface area (Å²) in [4.78, 5) is 15.0. The molecule has 0 aromatic carbocycles. The number of aryl methyl sites for hydroxylation is 1. The van der Waals surface area contributed by atoms with E-state index >= 15 is 0 Å². The normalized spacial score (nSPS) is 9.79. The molecule has 3 N–H and O–H groups in total. The molecule has 0 atom stereocenters. The highest BCUT2D eigenvalue weighted by atomic mass is 16.2. The predicted octanol–water partition coefficient (Wildman–Crippen LogP) is 0.784. The molecule has 0 fully saturated rings. The largest absolute Gasteiger partial charge is 0.294 e. The van der Waals surface area contributed by atoms with E-state index in [2.05, 4.69) is 10.4 Å². The van der Waals surface area contributed by atoms with Gasteiger partial charge in [-0.1, -0.05) is 6.07 Å². The maximum atomic E-state index is 10.8. The molecule has 0 aliphatic carbocycles. The van der Waals surface area contributed by atoms with Crippen LogP contribution in [0.2, 0.25) is 0 Å². The average Bonchev–Trinajstić information content (AvgIpc) is 2.25. The molecular weight excluding hydrogens is 178 g/mol. The zero-order valence-electron chi connectivity index (χ0n) is 8.07. The van der Waals surface area contributed by atoms with Crippen molar-refractivity contribution in [1.82, 2.24) is 10.4 Å². The fourth-order valence-corrected chi connectivity index (χ4v) is 1.21. The quantitative estimate of drug-likeness (QED) is 0.314. The molecule has 0 unspecified atom stereocenters. The number of nitrogens with two attached hydrogens (primary N) is 1. The van der Waals surface area contributed by atoms with Gasteiger partial charge in [0.05, 0.1) is 0 Å². The summed E-state index contributed by atoms with van der Waals surface area (Å²) in [6.07, 6.45) is 4.99. The van der Waals surface area contributed by atoms with Crippen molar-refractivity contribution in [2.45, 2.75) is 25.7 Å². The molecule has 0 aliphatic rings. The third-order valence-corrected chi connectivity index (χ3v) is 1.97. The maximum Gasteiger partial charge on any atom is 0.233 e. The van der Waals surface area contributed by atoms with Gasteiger partial charge >= 0.3 is 0 Å². The van der Waals surface area contributed by atoms with Crippen LogP contribution in [0.15, 0.2) is 24.4 Å². The van der Waals surface area contributed by atoms with Gasteiger partial charge in [0.15, 0.2) is 0 Å². The third kappa shape index (κ3) is 4.00.